The summed E-state index contributed by atoms with van der Waals surface area (Å²) in [6, 6.07) is 7.82. The fourth-order valence-corrected chi connectivity index (χ4v) is 1.26. The van der Waals surface area contributed by atoms with Crippen LogP contribution in [0.25, 0.3) is 0 Å². The van der Waals surface area contributed by atoms with Crippen molar-refractivity contribution in [2.75, 3.05) is 0 Å². The van der Waals surface area contributed by atoms with Crippen molar-refractivity contribution >= 4 is 0 Å². The number of aromatic nitrogens is 3. The van der Waals surface area contributed by atoms with Crippen LogP contribution >= 0.6 is 0 Å². The number of benzene rings is 1. The van der Waals surface area contributed by atoms with Crippen LogP contribution in [0.4, 0.5) is 0 Å². The van der Waals surface area contributed by atoms with Crippen molar-refractivity contribution in [3.8, 4) is 0 Å². The van der Waals surface area contributed by atoms with Crippen LogP contribution in [0, 0.1) is 0 Å². The fraction of sp³-hybridized carbons (Fsp3) is 0.200. The Morgan fingerprint density at radius 2 is 1.57 bits per heavy atom. The standard InChI is InChI=1S/C10H11N3O/c14-6-10-3-1-9(2-4-10)5-13-7-11-12-8-13/h1-4,7-8,14H,5-6H2. The zero-order valence-corrected chi connectivity index (χ0v) is 7.67. The predicted molar refractivity (Wildman–Crippen MR) is 51.5 cm³/mol. The van der Waals surface area contributed by atoms with Crippen LogP contribution in [-0.2, 0) is 13.2 Å². The maximum absolute atomic E-state index is 8.86. The summed E-state index contributed by atoms with van der Waals surface area (Å²) in [6.45, 7) is 0.853. The van der Waals surface area contributed by atoms with Gasteiger partial charge in [-0.3, -0.25) is 0 Å². The molecule has 1 N–H and O–H groups in total. The zero-order chi connectivity index (χ0) is 9.80. The lowest BCUT2D eigenvalue weighted by atomic mass is 10.1. The van der Waals surface area contributed by atoms with Crippen LogP contribution in [0.3, 0.4) is 0 Å². The van der Waals surface area contributed by atoms with Gasteiger partial charge < -0.3 is 9.67 Å². The lowest BCUT2D eigenvalue weighted by Crippen LogP contribution is -1.96. The van der Waals surface area contributed by atoms with Crippen LogP contribution in [0.1, 0.15) is 11.1 Å². The van der Waals surface area contributed by atoms with Gasteiger partial charge in [0.25, 0.3) is 0 Å². The van der Waals surface area contributed by atoms with Gasteiger partial charge in [0, 0.05) is 6.54 Å². The molecule has 2 rings (SSSR count). The van der Waals surface area contributed by atoms with Crippen molar-refractivity contribution in [1.29, 1.82) is 0 Å². The van der Waals surface area contributed by atoms with Gasteiger partial charge in [-0.25, -0.2) is 0 Å². The third kappa shape index (κ3) is 1.97. The molecular weight excluding hydrogens is 178 g/mol. The Kier molecular flexibility index (Phi) is 2.55. The minimum Gasteiger partial charge on any atom is -0.392 e. The maximum atomic E-state index is 8.86. The van der Waals surface area contributed by atoms with Gasteiger partial charge in [0.2, 0.25) is 0 Å². The number of hydrogen-bond donors (Lipinski definition) is 1. The Bertz CT molecular complexity index is 380. The van der Waals surface area contributed by atoms with E-state index in [9.17, 15) is 0 Å². The van der Waals surface area contributed by atoms with Crippen molar-refractivity contribution in [1.82, 2.24) is 14.8 Å². The highest BCUT2D eigenvalue weighted by molar-refractivity contribution is 5.22. The molecule has 0 bridgehead atoms. The van der Waals surface area contributed by atoms with Crippen molar-refractivity contribution < 1.29 is 5.11 Å². The zero-order valence-electron chi connectivity index (χ0n) is 7.67. The van der Waals surface area contributed by atoms with Crippen molar-refractivity contribution in [3.05, 3.63) is 48.0 Å². The van der Waals surface area contributed by atoms with Crippen LogP contribution in [0.5, 0.6) is 0 Å². The molecule has 1 heterocycles. The minimum atomic E-state index is 0.0902. The van der Waals surface area contributed by atoms with E-state index in [1.54, 1.807) is 12.7 Å². The van der Waals surface area contributed by atoms with E-state index in [4.69, 9.17) is 5.11 Å². The fourth-order valence-electron chi connectivity index (χ4n) is 1.26. The minimum absolute atomic E-state index is 0.0902. The van der Waals surface area contributed by atoms with Gasteiger partial charge in [0.05, 0.1) is 6.61 Å². The summed E-state index contributed by atoms with van der Waals surface area (Å²) in [5, 5.41) is 16.3. The third-order valence-electron chi connectivity index (χ3n) is 2.04. The molecule has 4 heteroatoms. The first-order valence-electron chi connectivity index (χ1n) is 4.39. The van der Waals surface area contributed by atoms with E-state index >= 15 is 0 Å². The Balaban J connectivity index is 2.10. The van der Waals surface area contributed by atoms with Crippen LogP contribution in [-0.4, -0.2) is 19.9 Å². The highest BCUT2D eigenvalue weighted by Crippen LogP contribution is 2.05. The van der Waals surface area contributed by atoms with E-state index in [0.717, 1.165) is 12.1 Å². The molecule has 4 nitrogen and oxygen atoms in total. The topological polar surface area (TPSA) is 50.9 Å². The molecule has 0 atom stereocenters. The highest BCUT2D eigenvalue weighted by atomic mass is 16.3. The summed E-state index contributed by atoms with van der Waals surface area (Å²) in [5.41, 5.74) is 2.10. The summed E-state index contributed by atoms with van der Waals surface area (Å²) >= 11 is 0. The van der Waals surface area contributed by atoms with Gasteiger partial charge in [0.15, 0.2) is 0 Å². The Hall–Kier alpha value is -1.68. The maximum Gasteiger partial charge on any atom is 0.119 e. The molecule has 1 aromatic carbocycles. The van der Waals surface area contributed by atoms with Gasteiger partial charge >= 0.3 is 0 Å². The van der Waals surface area contributed by atoms with Crippen molar-refractivity contribution in [3.63, 3.8) is 0 Å². The van der Waals surface area contributed by atoms with Crippen molar-refractivity contribution in [2.24, 2.45) is 0 Å². The molecule has 2 aromatic rings. The Labute approximate surface area is 81.8 Å². The Morgan fingerprint density at radius 3 is 2.14 bits per heavy atom. The molecule has 0 aliphatic carbocycles. The first-order chi connectivity index (χ1) is 6.88. The van der Waals surface area contributed by atoms with Gasteiger partial charge in [-0.05, 0) is 11.1 Å². The second-order valence-electron chi connectivity index (χ2n) is 3.11. The number of nitrogens with zero attached hydrogens (tertiary/aromatic N) is 3. The van der Waals surface area contributed by atoms with E-state index in [1.807, 2.05) is 28.8 Å². The first-order valence-corrected chi connectivity index (χ1v) is 4.39. The molecule has 0 fully saturated rings. The van der Waals surface area contributed by atoms with E-state index in [0.29, 0.717) is 0 Å². The molecule has 0 radical (unpaired) electrons. The first kappa shape index (κ1) is 8.90. The summed E-state index contributed by atoms with van der Waals surface area (Å²) in [7, 11) is 0. The average Bonchev–Trinajstić information content (AvgIpc) is 2.72. The normalized spacial score (nSPS) is 10.4. The second kappa shape index (κ2) is 4.02. The van der Waals surface area contributed by atoms with Crippen LogP contribution in [0.2, 0.25) is 0 Å². The lowest BCUT2D eigenvalue weighted by molar-refractivity contribution is 0.282. The van der Waals surface area contributed by atoms with E-state index in [-0.39, 0.29) is 6.61 Å². The monoisotopic (exact) mass is 189 g/mol. The number of aliphatic hydroxyl groups excluding tert-OH is 1. The lowest BCUT2D eigenvalue weighted by Gasteiger charge is -2.02. The van der Waals surface area contributed by atoms with Crippen LogP contribution in [0.15, 0.2) is 36.9 Å². The number of rotatable bonds is 3. The summed E-state index contributed by atoms with van der Waals surface area (Å²) < 4.78 is 1.90. The summed E-state index contributed by atoms with van der Waals surface area (Å²) in [5.74, 6) is 0. The van der Waals surface area contributed by atoms with Gasteiger partial charge in [-0.2, -0.15) is 0 Å². The molecular formula is C10H11N3O. The largest absolute Gasteiger partial charge is 0.392 e. The molecule has 0 amide bonds. The molecule has 0 saturated carbocycles. The second-order valence-corrected chi connectivity index (χ2v) is 3.11. The molecule has 0 aliphatic heterocycles. The SMILES string of the molecule is OCc1ccc(Cn2cnnc2)cc1. The highest BCUT2D eigenvalue weighted by Gasteiger charge is 1.95. The van der Waals surface area contributed by atoms with Gasteiger partial charge in [-0.1, -0.05) is 24.3 Å². The summed E-state index contributed by atoms with van der Waals surface area (Å²) in [6.07, 6.45) is 3.36. The number of hydrogen-bond acceptors (Lipinski definition) is 3. The van der Waals surface area contributed by atoms with E-state index < -0.39 is 0 Å². The Morgan fingerprint density at radius 1 is 1.00 bits per heavy atom. The molecule has 0 aliphatic rings. The molecule has 0 saturated heterocycles. The predicted octanol–water partition coefficient (Wildman–Crippen LogP) is 0.819. The smallest absolute Gasteiger partial charge is 0.119 e. The quantitative estimate of drug-likeness (QED) is 0.777. The van der Waals surface area contributed by atoms with E-state index in [1.165, 1.54) is 5.56 Å². The average molecular weight is 189 g/mol. The molecule has 1 aromatic heterocycles. The summed E-state index contributed by atoms with van der Waals surface area (Å²) in [4.78, 5) is 0. The molecule has 0 spiro atoms. The molecule has 14 heavy (non-hydrogen) atoms. The van der Waals surface area contributed by atoms with E-state index in [2.05, 4.69) is 10.2 Å². The van der Waals surface area contributed by atoms with Gasteiger partial charge in [-0.15, -0.1) is 10.2 Å². The van der Waals surface area contributed by atoms with Crippen molar-refractivity contribution in [2.45, 2.75) is 13.2 Å². The molecule has 72 valence electrons. The van der Waals surface area contributed by atoms with Gasteiger partial charge in [0.1, 0.15) is 12.7 Å². The third-order valence-corrected chi connectivity index (χ3v) is 2.04. The number of aliphatic hydroxyl groups is 1. The molecule has 0 unspecified atom stereocenters. The van der Waals surface area contributed by atoms with Crippen LogP contribution < -0.4 is 0 Å².